The summed E-state index contributed by atoms with van der Waals surface area (Å²) in [6, 6.07) is 15.9. The van der Waals surface area contributed by atoms with E-state index in [4.69, 9.17) is 11.6 Å². The second-order valence-corrected chi connectivity index (χ2v) is 8.62. The van der Waals surface area contributed by atoms with Crippen molar-refractivity contribution in [2.45, 2.75) is 17.6 Å². The Hall–Kier alpha value is -2.61. The summed E-state index contributed by atoms with van der Waals surface area (Å²) in [6.07, 6.45) is 0. The van der Waals surface area contributed by atoms with Crippen molar-refractivity contribution in [1.82, 2.24) is 9.38 Å². The first-order chi connectivity index (χ1) is 14.0. The summed E-state index contributed by atoms with van der Waals surface area (Å²) >= 11 is 8.86. The molecule has 0 aliphatic heterocycles. The molecule has 0 radical (unpaired) electrons. The number of carbonyl (C=O) groups is 1. The number of fused-ring (bicyclic) bond motifs is 1. The average molecular weight is 442 g/mol. The minimum atomic E-state index is -0.207. The molecule has 2 heterocycles. The normalized spacial score (nSPS) is 11.0. The highest BCUT2D eigenvalue weighted by Crippen LogP contribution is 2.30. The number of carbonyl (C=O) groups excluding carboxylic acids is 1. The largest absolute Gasteiger partial charge is 0.321 e. The van der Waals surface area contributed by atoms with Crippen LogP contribution in [0.25, 0.3) is 4.96 Å². The van der Waals surface area contributed by atoms with Gasteiger partial charge in [-0.15, -0.1) is 23.1 Å². The van der Waals surface area contributed by atoms with E-state index in [1.165, 1.54) is 23.1 Å². The Balaban J connectivity index is 1.52. The molecular formula is C21H16ClN3O2S2. The van der Waals surface area contributed by atoms with Crippen molar-refractivity contribution in [1.29, 1.82) is 0 Å². The fraction of sp³-hybridized carbons (Fsp3) is 0.0952. The summed E-state index contributed by atoms with van der Waals surface area (Å²) in [7, 11) is 0. The second-order valence-electron chi connectivity index (χ2n) is 6.33. The highest BCUT2D eigenvalue weighted by molar-refractivity contribution is 7.98. The van der Waals surface area contributed by atoms with E-state index >= 15 is 0 Å². The van der Waals surface area contributed by atoms with Crippen LogP contribution < -0.4 is 10.9 Å². The molecule has 0 aliphatic rings. The molecule has 29 heavy (non-hydrogen) atoms. The van der Waals surface area contributed by atoms with Gasteiger partial charge in [-0.05, 0) is 43.3 Å². The van der Waals surface area contributed by atoms with Crippen LogP contribution in [0.5, 0.6) is 0 Å². The van der Waals surface area contributed by atoms with Gasteiger partial charge in [0.05, 0.1) is 11.4 Å². The van der Waals surface area contributed by atoms with E-state index in [-0.39, 0.29) is 11.5 Å². The van der Waals surface area contributed by atoms with E-state index in [9.17, 15) is 9.59 Å². The number of rotatable bonds is 5. The third-order valence-electron chi connectivity index (χ3n) is 4.25. The summed E-state index contributed by atoms with van der Waals surface area (Å²) in [4.78, 5) is 31.0. The molecule has 146 valence electrons. The van der Waals surface area contributed by atoms with Crippen LogP contribution >= 0.6 is 34.7 Å². The number of benzene rings is 2. The lowest BCUT2D eigenvalue weighted by Crippen LogP contribution is -2.14. The molecule has 4 aromatic rings. The van der Waals surface area contributed by atoms with Gasteiger partial charge in [0.1, 0.15) is 0 Å². The summed E-state index contributed by atoms with van der Waals surface area (Å²) in [5.74, 6) is 0.317. The fourth-order valence-electron chi connectivity index (χ4n) is 2.82. The Labute approximate surface area is 180 Å². The number of para-hydroxylation sites is 1. The van der Waals surface area contributed by atoms with Gasteiger partial charge >= 0.3 is 0 Å². The molecule has 1 N–H and O–H groups in total. The van der Waals surface area contributed by atoms with Gasteiger partial charge in [0.15, 0.2) is 4.96 Å². The molecule has 0 spiro atoms. The molecule has 0 saturated heterocycles. The van der Waals surface area contributed by atoms with Gasteiger partial charge in [-0.3, -0.25) is 14.0 Å². The third kappa shape index (κ3) is 4.37. The predicted molar refractivity (Wildman–Crippen MR) is 119 cm³/mol. The number of nitrogens with zero attached hydrogens (tertiary/aromatic N) is 2. The molecule has 0 bridgehead atoms. The quantitative estimate of drug-likeness (QED) is 0.429. The van der Waals surface area contributed by atoms with Crippen molar-refractivity contribution < 1.29 is 4.79 Å². The van der Waals surface area contributed by atoms with E-state index in [0.29, 0.717) is 32.7 Å². The Kier molecular flexibility index (Phi) is 5.71. The van der Waals surface area contributed by atoms with Crippen LogP contribution in [0, 0.1) is 6.92 Å². The molecule has 0 saturated carbocycles. The topological polar surface area (TPSA) is 63.5 Å². The van der Waals surface area contributed by atoms with Crippen molar-refractivity contribution in [2.75, 3.05) is 5.32 Å². The number of hydrogen-bond donors (Lipinski definition) is 1. The van der Waals surface area contributed by atoms with Gasteiger partial charge in [0, 0.05) is 38.4 Å². The Morgan fingerprint density at radius 3 is 2.76 bits per heavy atom. The number of amides is 1. The molecule has 0 unspecified atom stereocenters. The number of anilines is 1. The van der Waals surface area contributed by atoms with Gasteiger partial charge in [-0.2, -0.15) is 0 Å². The van der Waals surface area contributed by atoms with Crippen LogP contribution in [0.3, 0.4) is 0 Å². The highest BCUT2D eigenvalue weighted by Gasteiger charge is 2.11. The number of thiazole rings is 1. The molecule has 0 aliphatic carbocycles. The van der Waals surface area contributed by atoms with Crippen LogP contribution in [-0.4, -0.2) is 15.3 Å². The number of nitrogens with one attached hydrogen (secondary N) is 1. The molecular weight excluding hydrogens is 426 g/mol. The first-order valence-corrected chi connectivity index (χ1v) is 11.0. The Morgan fingerprint density at radius 1 is 1.21 bits per heavy atom. The number of hydrogen-bond acceptors (Lipinski definition) is 5. The second kappa shape index (κ2) is 8.41. The van der Waals surface area contributed by atoms with E-state index < -0.39 is 0 Å². The molecule has 0 fully saturated rings. The van der Waals surface area contributed by atoms with Crippen LogP contribution in [0.2, 0.25) is 5.02 Å². The van der Waals surface area contributed by atoms with Crippen LogP contribution in [0.4, 0.5) is 5.69 Å². The average Bonchev–Trinajstić information content (AvgIpc) is 3.09. The van der Waals surface area contributed by atoms with Crippen molar-refractivity contribution >= 4 is 51.3 Å². The molecule has 4 rings (SSSR count). The van der Waals surface area contributed by atoms with Gasteiger partial charge in [-0.1, -0.05) is 23.7 Å². The van der Waals surface area contributed by atoms with E-state index in [0.717, 1.165) is 10.6 Å². The SMILES string of the molecule is Cc1csc2nc(CSc3ccccc3NC(=O)c3ccc(Cl)cc3)cc(=O)n12. The summed E-state index contributed by atoms with van der Waals surface area (Å²) < 4.78 is 1.61. The first-order valence-electron chi connectivity index (χ1n) is 8.77. The van der Waals surface area contributed by atoms with Gasteiger partial charge in [0.25, 0.3) is 11.5 Å². The maximum Gasteiger partial charge on any atom is 0.258 e. The molecule has 2 aromatic heterocycles. The zero-order chi connectivity index (χ0) is 20.4. The lowest BCUT2D eigenvalue weighted by molar-refractivity contribution is 0.102. The Morgan fingerprint density at radius 2 is 1.97 bits per heavy atom. The van der Waals surface area contributed by atoms with Crippen molar-refractivity contribution in [2.24, 2.45) is 0 Å². The monoisotopic (exact) mass is 441 g/mol. The van der Waals surface area contributed by atoms with Gasteiger partial charge in [0.2, 0.25) is 0 Å². The lowest BCUT2D eigenvalue weighted by atomic mass is 10.2. The zero-order valence-electron chi connectivity index (χ0n) is 15.4. The minimum absolute atomic E-state index is 0.0753. The molecule has 8 heteroatoms. The van der Waals surface area contributed by atoms with Crippen molar-refractivity contribution in [3.63, 3.8) is 0 Å². The maximum atomic E-state index is 12.5. The third-order valence-corrected chi connectivity index (χ3v) is 6.55. The van der Waals surface area contributed by atoms with Gasteiger partial charge in [-0.25, -0.2) is 4.98 Å². The first kappa shape index (κ1) is 19.7. The highest BCUT2D eigenvalue weighted by atomic mass is 35.5. The van der Waals surface area contributed by atoms with Crippen molar-refractivity contribution in [3.8, 4) is 0 Å². The van der Waals surface area contributed by atoms with E-state index in [1.54, 1.807) is 34.7 Å². The minimum Gasteiger partial charge on any atom is -0.321 e. The number of aryl methyl sites for hydroxylation is 1. The zero-order valence-corrected chi connectivity index (χ0v) is 17.8. The summed E-state index contributed by atoms with van der Waals surface area (Å²) in [5, 5.41) is 5.44. The smallest absolute Gasteiger partial charge is 0.258 e. The number of aromatic nitrogens is 2. The van der Waals surface area contributed by atoms with Crippen LogP contribution in [0.1, 0.15) is 21.7 Å². The molecule has 5 nitrogen and oxygen atoms in total. The summed E-state index contributed by atoms with van der Waals surface area (Å²) in [5.41, 5.74) is 2.76. The van der Waals surface area contributed by atoms with Crippen LogP contribution in [0.15, 0.2) is 69.7 Å². The molecule has 1 amide bonds. The van der Waals surface area contributed by atoms with Gasteiger partial charge < -0.3 is 5.32 Å². The predicted octanol–water partition coefficient (Wildman–Crippen LogP) is 5.26. The standard InChI is InChI=1S/C21H16ClN3O2S2/c1-13-11-29-21-23-16(10-19(26)25(13)21)12-28-18-5-3-2-4-17(18)24-20(27)14-6-8-15(22)9-7-14/h2-11H,12H2,1H3,(H,24,27). The maximum absolute atomic E-state index is 12.5. The van der Waals surface area contributed by atoms with E-state index in [2.05, 4.69) is 10.3 Å². The number of thioether (sulfide) groups is 1. The Bertz CT molecular complexity index is 1250. The molecule has 2 aromatic carbocycles. The van der Waals surface area contributed by atoms with E-state index in [1.807, 2.05) is 36.6 Å². The molecule has 0 atom stereocenters. The van der Waals surface area contributed by atoms with Crippen molar-refractivity contribution in [3.05, 3.63) is 92.3 Å². The van der Waals surface area contributed by atoms with Crippen LogP contribution in [-0.2, 0) is 5.75 Å². The fourth-order valence-corrected chi connectivity index (χ4v) is 4.74. The number of halogens is 1. The lowest BCUT2D eigenvalue weighted by Gasteiger charge is -2.11. The summed E-state index contributed by atoms with van der Waals surface area (Å²) in [6.45, 7) is 1.89.